The van der Waals surface area contributed by atoms with Crippen molar-refractivity contribution in [1.82, 2.24) is 10.6 Å². The Bertz CT molecular complexity index is 317. The molecule has 1 rings (SSSR count). The third-order valence-corrected chi connectivity index (χ3v) is 3.69. The number of rotatable bonds is 4. The first-order valence-corrected chi connectivity index (χ1v) is 7.24. The van der Waals surface area contributed by atoms with Crippen LogP contribution in [-0.4, -0.2) is 31.5 Å². The van der Waals surface area contributed by atoms with Crippen LogP contribution in [0.2, 0.25) is 0 Å². The number of nitrogens with zero attached hydrogens (tertiary/aromatic N) is 1. The summed E-state index contributed by atoms with van der Waals surface area (Å²) < 4.78 is 0. The van der Waals surface area contributed by atoms with Crippen LogP contribution in [0.1, 0.15) is 52.4 Å². The molecule has 0 aromatic heterocycles. The molecule has 1 aliphatic carbocycles. The summed E-state index contributed by atoms with van der Waals surface area (Å²) in [6, 6.07) is 0.439. The minimum Gasteiger partial charge on any atom is -0.370 e. The van der Waals surface area contributed by atoms with Gasteiger partial charge >= 0.3 is 0 Å². The maximum absolute atomic E-state index is 11.6. The highest BCUT2D eigenvalue weighted by Crippen LogP contribution is 2.17. The van der Waals surface area contributed by atoms with Gasteiger partial charge in [-0.15, -0.1) is 0 Å². The Morgan fingerprint density at radius 1 is 1.26 bits per heavy atom. The third-order valence-electron chi connectivity index (χ3n) is 3.69. The van der Waals surface area contributed by atoms with Crippen LogP contribution < -0.4 is 16.4 Å². The van der Waals surface area contributed by atoms with Crippen LogP contribution in [0.5, 0.6) is 0 Å². The lowest BCUT2D eigenvalue weighted by Crippen LogP contribution is -2.42. The molecular weight excluding hydrogens is 240 g/mol. The molecular formula is C14H28N4O. The summed E-state index contributed by atoms with van der Waals surface area (Å²) >= 11 is 0. The molecule has 5 nitrogen and oxygen atoms in total. The van der Waals surface area contributed by atoms with Crippen LogP contribution in [-0.2, 0) is 4.79 Å². The number of hydrogen-bond donors (Lipinski definition) is 3. The molecule has 1 saturated carbocycles. The van der Waals surface area contributed by atoms with Gasteiger partial charge in [0.2, 0.25) is 5.91 Å². The predicted molar refractivity (Wildman–Crippen MR) is 79.0 cm³/mol. The summed E-state index contributed by atoms with van der Waals surface area (Å²) in [5, 5.41) is 5.93. The largest absolute Gasteiger partial charge is 0.370 e. The van der Waals surface area contributed by atoms with Gasteiger partial charge in [-0.05, 0) is 26.7 Å². The maximum atomic E-state index is 11.6. The zero-order valence-electron chi connectivity index (χ0n) is 12.5. The average molecular weight is 268 g/mol. The molecule has 1 fully saturated rings. The Hall–Kier alpha value is -1.26. The molecule has 0 aromatic carbocycles. The fourth-order valence-corrected chi connectivity index (χ4v) is 2.37. The van der Waals surface area contributed by atoms with Crippen LogP contribution in [0.3, 0.4) is 0 Å². The van der Waals surface area contributed by atoms with Crippen LogP contribution in [0.4, 0.5) is 0 Å². The molecule has 4 N–H and O–H groups in total. The number of hydrogen-bond acceptors (Lipinski definition) is 2. The lowest BCUT2D eigenvalue weighted by atomic mass is 9.93. The number of aliphatic imine (C=N–C) groups is 1. The molecule has 0 heterocycles. The van der Waals surface area contributed by atoms with Crippen molar-refractivity contribution in [2.24, 2.45) is 16.1 Å². The van der Waals surface area contributed by atoms with E-state index >= 15 is 0 Å². The van der Waals surface area contributed by atoms with E-state index in [1.165, 1.54) is 25.7 Å². The minimum atomic E-state index is -0.523. The third kappa shape index (κ3) is 5.49. The van der Waals surface area contributed by atoms with Crippen molar-refractivity contribution in [3.05, 3.63) is 0 Å². The maximum Gasteiger partial charge on any atom is 0.227 e. The molecule has 0 bridgehead atoms. The van der Waals surface area contributed by atoms with Crippen molar-refractivity contribution >= 4 is 11.9 Å². The van der Waals surface area contributed by atoms with E-state index in [4.69, 9.17) is 5.73 Å². The molecule has 0 unspecified atom stereocenters. The average Bonchev–Trinajstić information content (AvgIpc) is 2.64. The molecule has 0 saturated heterocycles. The standard InChI is InChI=1S/C14H28N4O/c1-14(2,12(19)16-3)10-17-13(15)18-11-8-6-4-5-7-9-11/h11H,4-10H2,1-3H3,(H,16,19)(H3,15,17,18). The van der Waals surface area contributed by atoms with Gasteiger partial charge in [0, 0.05) is 13.1 Å². The van der Waals surface area contributed by atoms with E-state index in [0.717, 1.165) is 12.8 Å². The van der Waals surface area contributed by atoms with E-state index in [1.807, 2.05) is 13.8 Å². The van der Waals surface area contributed by atoms with Gasteiger partial charge in [-0.1, -0.05) is 25.7 Å². The highest BCUT2D eigenvalue weighted by molar-refractivity contribution is 5.83. The first-order chi connectivity index (χ1) is 8.95. The second-order valence-corrected chi connectivity index (χ2v) is 6.00. The van der Waals surface area contributed by atoms with Gasteiger partial charge in [0.25, 0.3) is 0 Å². The number of carbonyl (C=O) groups excluding carboxylic acids is 1. The second kappa shape index (κ2) is 7.36. The van der Waals surface area contributed by atoms with E-state index in [9.17, 15) is 4.79 Å². The highest BCUT2D eigenvalue weighted by Gasteiger charge is 2.26. The summed E-state index contributed by atoms with van der Waals surface area (Å²) in [4.78, 5) is 16.0. The van der Waals surface area contributed by atoms with E-state index < -0.39 is 5.41 Å². The zero-order valence-corrected chi connectivity index (χ0v) is 12.5. The molecule has 0 atom stereocenters. The summed E-state index contributed by atoms with van der Waals surface area (Å²) in [5.41, 5.74) is 5.39. The SMILES string of the molecule is CNC(=O)C(C)(C)CN=C(N)NC1CCCCCC1. The Balaban J connectivity index is 2.45. The summed E-state index contributed by atoms with van der Waals surface area (Å²) in [7, 11) is 1.64. The van der Waals surface area contributed by atoms with Crippen molar-refractivity contribution in [3.8, 4) is 0 Å². The fourth-order valence-electron chi connectivity index (χ4n) is 2.37. The van der Waals surface area contributed by atoms with Crippen LogP contribution >= 0.6 is 0 Å². The summed E-state index contributed by atoms with van der Waals surface area (Å²) in [6.07, 6.45) is 7.48. The van der Waals surface area contributed by atoms with Crippen LogP contribution in [0, 0.1) is 5.41 Å². The number of carbonyl (C=O) groups is 1. The Labute approximate surface area is 116 Å². The molecule has 0 radical (unpaired) electrons. The number of nitrogens with two attached hydrogens (primary N) is 1. The monoisotopic (exact) mass is 268 g/mol. The minimum absolute atomic E-state index is 0.0153. The molecule has 0 spiro atoms. The van der Waals surface area contributed by atoms with Gasteiger partial charge < -0.3 is 16.4 Å². The molecule has 5 heteroatoms. The molecule has 1 aliphatic rings. The van der Waals surface area contributed by atoms with Gasteiger partial charge in [0.15, 0.2) is 5.96 Å². The van der Waals surface area contributed by atoms with Crippen molar-refractivity contribution < 1.29 is 4.79 Å². The number of guanidine groups is 1. The molecule has 1 amide bonds. The Morgan fingerprint density at radius 3 is 2.37 bits per heavy atom. The number of nitrogens with one attached hydrogen (secondary N) is 2. The Morgan fingerprint density at radius 2 is 1.84 bits per heavy atom. The van der Waals surface area contributed by atoms with Crippen molar-refractivity contribution in [2.45, 2.75) is 58.4 Å². The smallest absolute Gasteiger partial charge is 0.227 e. The first-order valence-electron chi connectivity index (χ1n) is 7.24. The number of amides is 1. The van der Waals surface area contributed by atoms with Gasteiger partial charge in [-0.25, -0.2) is 0 Å². The first kappa shape index (κ1) is 15.8. The van der Waals surface area contributed by atoms with Gasteiger partial charge in [0.05, 0.1) is 12.0 Å². The van der Waals surface area contributed by atoms with Crippen molar-refractivity contribution in [1.29, 1.82) is 0 Å². The topological polar surface area (TPSA) is 79.5 Å². The van der Waals surface area contributed by atoms with E-state index in [1.54, 1.807) is 7.05 Å². The molecule has 0 aliphatic heterocycles. The van der Waals surface area contributed by atoms with Gasteiger partial charge in [0.1, 0.15) is 0 Å². The van der Waals surface area contributed by atoms with E-state index in [-0.39, 0.29) is 5.91 Å². The molecule has 19 heavy (non-hydrogen) atoms. The predicted octanol–water partition coefficient (Wildman–Crippen LogP) is 1.39. The van der Waals surface area contributed by atoms with E-state index in [0.29, 0.717) is 18.5 Å². The normalized spacial score (nSPS) is 18.8. The molecule has 0 aromatic rings. The quantitative estimate of drug-likeness (QED) is 0.409. The lowest BCUT2D eigenvalue weighted by Gasteiger charge is -2.21. The second-order valence-electron chi connectivity index (χ2n) is 6.00. The van der Waals surface area contributed by atoms with Crippen molar-refractivity contribution in [3.63, 3.8) is 0 Å². The Kier molecular flexibility index (Phi) is 6.12. The van der Waals surface area contributed by atoms with Gasteiger partial charge in [-0.3, -0.25) is 9.79 Å². The van der Waals surface area contributed by atoms with E-state index in [2.05, 4.69) is 15.6 Å². The van der Waals surface area contributed by atoms with Crippen molar-refractivity contribution in [2.75, 3.05) is 13.6 Å². The highest BCUT2D eigenvalue weighted by atomic mass is 16.2. The summed E-state index contributed by atoms with van der Waals surface area (Å²) in [5.74, 6) is 0.447. The fraction of sp³-hybridized carbons (Fsp3) is 0.857. The zero-order chi connectivity index (χ0) is 14.3. The summed E-state index contributed by atoms with van der Waals surface area (Å²) in [6.45, 7) is 4.14. The lowest BCUT2D eigenvalue weighted by molar-refractivity contribution is -0.128. The van der Waals surface area contributed by atoms with Crippen LogP contribution in [0.25, 0.3) is 0 Å². The van der Waals surface area contributed by atoms with Gasteiger partial charge in [-0.2, -0.15) is 0 Å². The molecule has 110 valence electrons. The van der Waals surface area contributed by atoms with Crippen LogP contribution in [0.15, 0.2) is 4.99 Å².